The molecule has 36 heavy (non-hydrogen) atoms. The van der Waals surface area contributed by atoms with Gasteiger partial charge in [-0.15, -0.1) is 0 Å². The number of carbonyl (C=O) groups excluding carboxylic acids is 1. The molecule has 0 aliphatic heterocycles. The predicted octanol–water partition coefficient (Wildman–Crippen LogP) is 7.08. The summed E-state index contributed by atoms with van der Waals surface area (Å²) in [5.41, 5.74) is 1.55. The normalized spacial score (nSPS) is 11.8. The van der Waals surface area contributed by atoms with E-state index in [0.29, 0.717) is 43.6 Å². The van der Waals surface area contributed by atoms with Gasteiger partial charge in [0.15, 0.2) is 5.75 Å². The second-order valence-corrected chi connectivity index (χ2v) is 9.01. The summed E-state index contributed by atoms with van der Waals surface area (Å²) in [6, 6.07) is 10.1. The van der Waals surface area contributed by atoms with Crippen LogP contribution >= 0.6 is 34.8 Å². The van der Waals surface area contributed by atoms with Gasteiger partial charge in [-0.3, -0.25) is 9.97 Å². The first-order valence-corrected chi connectivity index (χ1v) is 12.0. The van der Waals surface area contributed by atoms with Gasteiger partial charge >= 0.3 is 6.16 Å². The van der Waals surface area contributed by atoms with Gasteiger partial charge in [0.2, 0.25) is 6.79 Å². The molecule has 0 bridgehead atoms. The molecule has 0 radical (unpaired) electrons. The minimum absolute atomic E-state index is 0.272. The molecule has 0 saturated carbocycles. The standard InChI is InChI=1S/C25H21Cl3N4O4/c1-14(2)36-25(33)35-13-34-24-16(10-18(26)15-6-5-9-31-23(15)24)22(32-20-7-3-4-8-30-20)17-11-29-12-19(27)21(17)28/h3-12,14,22H,13H2,1-2H3,(H,30,32). The molecule has 0 aliphatic rings. The molecule has 1 N–H and O–H groups in total. The van der Waals surface area contributed by atoms with Crippen LogP contribution in [0.5, 0.6) is 5.75 Å². The lowest BCUT2D eigenvalue weighted by Crippen LogP contribution is -2.19. The maximum absolute atomic E-state index is 11.9. The van der Waals surface area contributed by atoms with Crippen LogP contribution in [-0.4, -0.2) is 34.0 Å². The van der Waals surface area contributed by atoms with Crippen molar-refractivity contribution >= 4 is 57.7 Å². The van der Waals surface area contributed by atoms with Crippen molar-refractivity contribution in [1.82, 2.24) is 15.0 Å². The van der Waals surface area contributed by atoms with E-state index in [4.69, 9.17) is 49.0 Å². The van der Waals surface area contributed by atoms with Crippen molar-refractivity contribution in [3.8, 4) is 5.75 Å². The van der Waals surface area contributed by atoms with E-state index in [1.54, 1.807) is 56.7 Å². The van der Waals surface area contributed by atoms with Crippen LogP contribution in [0.15, 0.2) is 61.2 Å². The monoisotopic (exact) mass is 546 g/mol. The van der Waals surface area contributed by atoms with Gasteiger partial charge < -0.3 is 19.5 Å². The molecule has 0 fully saturated rings. The Kier molecular flexibility index (Phi) is 8.30. The summed E-state index contributed by atoms with van der Waals surface area (Å²) in [6.45, 7) is 3.00. The largest absolute Gasteiger partial charge is 0.511 e. The van der Waals surface area contributed by atoms with Gasteiger partial charge in [0.05, 0.1) is 27.2 Å². The summed E-state index contributed by atoms with van der Waals surface area (Å²) in [6.07, 6.45) is 5.10. The quantitative estimate of drug-likeness (QED) is 0.185. The highest BCUT2D eigenvalue weighted by molar-refractivity contribution is 6.42. The lowest BCUT2D eigenvalue weighted by Gasteiger charge is -2.25. The summed E-state index contributed by atoms with van der Waals surface area (Å²) < 4.78 is 16.1. The number of pyridine rings is 3. The smallest absolute Gasteiger partial charge is 0.455 e. The zero-order valence-corrected chi connectivity index (χ0v) is 21.5. The molecule has 0 amide bonds. The van der Waals surface area contributed by atoms with E-state index >= 15 is 0 Å². The number of ether oxygens (including phenoxy) is 3. The lowest BCUT2D eigenvalue weighted by molar-refractivity contribution is -0.00807. The molecule has 8 nitrogen and oxygen atoms in total. The first-order valence-electron chi connectivity index (χ1n) is 10.8. The Hall–Kier alpha value is -3.33. The summed E-state index contributed by atoms with van der Waals surface area (Å²) >= 11 is 19.6. The zero-order valence-electron chi connectivity index (χ0n) is 19.2. The maximum atomic E-state index is 11.9. The summed E-state index contributed by atoms with van der Waals surface area (Å²) in [5.74, 6) is 0.871. The number of aromatic nitrogens is 3. The molecular formula is C25H21Cl3N4O4. The van der Waals surface area contributed by atoms with Crippen molar-refractivity contribution in [2.45, 2.75) is 26.0 Å². The number of nitrogens with zero attached hydrogens (tertiary/aromatic N) is 3. The third-order valence-electron chi connectivity index (χ3n) is 4.98. The predicted molar refractivity (Wildman–Crippen MR) is 139 cm³/mol. The van der Waals surface area contributed by atoms with Crippen molar-refractivity contribution in [1.29, 1.82) is 0 Å². The first kappa shape index (κ1) is 25.8. The number of halogens is 3. The minimum Gasteiger partial charge on any atom is -0.455 e. The fourth-order valence-corrected chi connectivity index (χ4v) is 4.12. The van der Waals surface area contributed by atoms with Gasteiger partial charge in [0, 0.05) is 41.3 Å². The molecule has 186 valence electrons. The van der Waals surface area contributed by atoms with Crippen molar-refractivity contribution < 1.29 is 19.0 Å². The van der Waals surface area contributed by atoms with Crippen molar-refractivity contribution in [2.75, 3.05) is 12.1 Å². The van der Waals surface area contributed by atoms with Crippen LogP contribution in [0.4, 0.5) is 10.6 Å². The molecule has 0 saturated heterocycles. The number of benzene rings is 1. The number of anilines is 1. The number of hydrogen-bond donors (Lipinski definition) is 1. The van der Waals surface area contributed by atoms with Crippen molar-refractivity contribution in [3.05, 3.63) is 87.4 Å². The Balaban J connectivity index is 1.84. The van der Waals surface area contributed by atoms with Crippen LogP contribution in [0.25, 0.3) is 10.9 Å². The molecule has 0 aliphatic carbocycles. The van der Waals surface area contributed by atoms with E-state index in [2.05, 4.69) is 20.3 Å². The molecule has 1 unspecified atom stereocenters. The summed E-state index contributed by atoms with van der Waals surface area (Å²) in [7, 11) is 0. The molecular weight excluding hydrogens is 527 g/mol. The Bertz CT molecular complexity index is 1370. The minimum atomic E-state index is -0.858. The van der Waals surface area contributed by atoms with Crippen LogP contribution in [0.1, 0.15) is 31.0 Å². The molecule has 1 aromatic carbocycles. The molecule has 11 heteroatoms. The van der Waals surface area contributed by atoms with Gasteiger partial charge in [0.25, 0.3) is 0 Å². The van der Waals surface area contributed by atoms with Gasteiger partial charge in [-0.2, -0.15) is 0 Å². The molecule has 3 aromatic heterocycles. The van der Waals surface area contributed by atoms with Crippen LogP contribution < -0.4 is 10.1 Å². The summed E-state index contributed by atoms with van der Waals surface area (Å²) in [4.78, 5) is 24.9. The average molecular weight is 548 g/mol. The number of hydrogen-bond acceptors (Lipinski definition) is 8. The van der Waals surface area contributed by atoms with Crippen molar-refractivity contribution in [3.63, 3.8) is 0 Å². The second kappa shape index (κ2) is 11.6. The van der Waals surface area contributed by atoms with Crippen LogP contribution in [0.2, 0.25) is 15.1 Å². The maximum Gasteiger partial charge on any atom is 0.511 e. The first-order chi connectivity index (χ1) is 17.3. The molecule has 0 spiro atoms. The Morgan fingerprint density at radius 2 is 1.81 bits per heavy atom. The SMILES string of the molecule is CC(C)OC(=O)OCOc1c(C(Nc2ccccn2)c2cncc(Cl)c2Cl)cc(Cl)c2cccnc12. The van der Waals surface area contributed by atoms with Crippen molar-refractivity contribution in [2.24, 2.45) is 0 Å². The molecule has 4 aromatic rings. The number of nitrogens with one attached hydrogen (secondary N) is 1. The van der Waals surface area contributed by atoms with Gasteiger partial charge in [-0.05, 0) is 44.2 Å². The summed E-state index contributed by atoms with van der Waals surface area (Å²) in [5, 5.41) is 4.99. The molecule has 3 heterocycles. The van der Waals surface area contributed by atoms with E-state index < -0.39 is 19.0 Å². The average Bonchev–Trinajstić information content (AvgIpc) is 2.86. The van der Waals surface area contributed by atoms with Gasteiger partial charge in [-0.25, -0.2) is 9.78 Å². The van der Waals surface area contributed by atoms with Gasteiger partial charge in [0.1, 0.15) is 11.3 Å². The highest BCUT2D eigenvalue weighted by atomic mass is 35.5. The Labute approximate surface area is 222 Å². The third-order valence-corrected chi connectivity index (χ3v) is 6.10. The number of rotatable bonds is 8. The highest BCUT2D eigenvalue weighted by Gasteiger charge is 2.26. The van der Waals surface area contributed by atoms with Crippen LogP contribution in [0, 0.1) is 0 Å². The number of carbonyl (C=O) groups is 1. The van der Waals surface area contributed by atoms with E-state index in [0.717, 1.165) is 0 Å². The van der Waals surface area contributed by atoms with E-state index in [1.165, 1.54) is 6.20 Å². The highest BCUT2D eigenvalue weighted by Crippen LogP contribution is 2.42. The van der Waals surface area contributed by atoms with Crippen LogP contribution in [0.3, 0.4) is 0 Å². The fourth-order valence-electron chi connectivity index (χ4n) is 3.48. The topological polar surface area (TPSA) is 95.5 Å². The van der Waals surface area contributed by atoms with Gasteiger partial charge in [-0.1, -0.05) is 40.9 Å². The van der Waals surface area contributed by atoms with E-state index in [9.17, 15) is 4.79 Å². The van der Waals surface area contributed by atoms with E-state index in [-0.39, 0.29) is 11.1 Å². The zero-order chi connectivity index (χ0) is 25.7. The number of fused-ring (bicyclic) bond motifs is 1. The Morgan fingerprint density at radius 1 is 1.00 bits per heavy atom. The lowest BCUT2D eigenvalue weighted by atomic mass is 9.97. The molecule has 4 rings (SSSR count). The second-order valence-electron chi connectivity index (χ2n) is 7.82. The fraction of sp³-hybridized carbons (Fsp3) is 0.200. The molecule has 1 atom stereocenters. The Morgan fingerprint density at radius 3 is 2.56 bits per heavy atom. The third kappa shape index (κ3) is 5.90. The van der Waals surface area contributed by atoms with Crippen LogP contribution in [-0.2, 0) is 9.47 Å². The van der Waals surface area contributed by atoms with E-state index in [1.807, 2.05) is 12.1 Å².